The molecule has 0 saturated heterocycles. The summed E-state index contributed by atoms with van der Waals surface area (Å²) in [5, 5.41) is 15.3. The van der Waals surface area contributed by atoms with Gasteiger partial charge in [-0.15, -0.1) is 21.5 Å². The molecule has 1 amide bonds. The highest BCUT2D eigenvalue weighted by Gasteiger charge is 2.17. The van der Waals surface area contributed by atoms with E-state index < -0.39 is 0 Å². The molecule has 0 bridgehead atoms. The number of nitrogens with zero attached hydrogens (tertiary/aromatic N) is 4. The predicted octanol–water partition coefficient (Wildman–Crippen LogP) is 4.26. The van der Waals surface area contributed by atoms with Crippen LogP contribution in [0.2, 0.25) is 0 Å². The van der Waals surface area contributed by atoms with Gasteiger partial charge in [0.25, 0.3) is 5.91 Å². The summed E-state index contributed by atoms with van der Waals surface area (Å²) in [6.45, 7) is 0. The van der Waals surface area contributed by atoms with Crippen molar-refractivity contribution in [3.63, 3.8) is 0 Å². The van der Waals surface area contributed by atoms with Crippen LogP contribution in [0.4, 0.5) is 0 Å². The summed E-state index contributed by atoms with van der Waals surface area (Å²) < 4.78 is 12.4. The lowest BCUT2D eigenvalue weighted by molar-refractivity contribution is -0.118. The molecule has 8 nitrogen and oxygen atoms in total. The largest absolute Gasteiger partial charge is 0.497 e. The normalized spacial score (nSPS) is 11.0. The lowest BCUT2D eigenvalue weighted by Crippen LogP contribution is -2.19. The number of hydrogen-bond donors (Lipinski definition) is 1. The van der Waals surface area contributed by atoms with E-state index in [-0.39, 0.29) is 11.7 Å². The molecule has 0 saturated carbocycles. The van der Waals surface area contributed by atoms with E-state index in [1.54, 1.807) is 31.8 Å². The number of carbonyl (C=O) groups is 1. The zero-order valence-corrected chi connectivity index (χ0v) is 19.6. The summed E-state index contributed by atoms with van der Waals surface area (Å²) >= 11 is 2.83. The van der Waals surface area contributed by atoms with Crippen LogP contribution in [0.15, 0.2) is 76.3 Å². The molecule has 0 fully saturated rings. The van der Waals surface area contributed by atoms with E-state index in [1.807, 2.05) is 70.6 Å². The van der Waals surface area contributed by atoms with Crippen molar-refractivity contribution >= 4 is 35.2 Å². The van der Waals surface area contributed by atoms with Crippen molar-refractivity contribution < 1.29 is 14.3 Å². The number of hydrogen-bond acceptors (Lipinski definition) is 8. The van der Waals surface area contributed by atoms with Crippen LogP contribution in [0.25, 0.3) is 17.1 Å². The standard InChI is InChI=1S/C23H21N5O3S2/c1-30-18-9-5-16(6-10-18)22-26-27-23(28(22)17-7-11-19(31-2)12-8-17)33-15-21(29)25-24-14-20-4-3-13-32-20/h3-14H,15H2,1-2H3,(H,25,29). The minimum atomic E-state index is -0.233. The fraction of sp³-hybridized carbons (Fsp3) is 0.130. The molecular weight excluding hydrogens is 458 g/mol. The summed E-state index contributed by atoms with van der Waals surface area (Å²) in [5.41, 5.74) is 4.27. The van der Waals surface area contributed by atoms with E-state index in [0.717, 1.165) is 27.6 Å². The number of rotatable bonds is 9. The Morgan fingerprint density at radius 2 is 1.76 bits per heavy atom. The molecule has 2 aromatic heterocycles. The topological polar surface area (TPSA) is 90.6 Å². The van der Waals surface area contributed by atoms with Crippen LogP contribution in [0, 0.1) is 0 Å². The average molecular weight is 480 g/mol. The molecule has 10 heteroatoms. The highest BCUT2D eigenvalue weighted by Crippen LogP contribution is 2.29. The first-order chi connectivity index (χ1) is 16.2. The van der Waals surface area contributed by atoms with Gasteiger partial charge in [0.1, 0.15) is 11.5 Å². The molecule has 2 aromatic carbocycles. The number of thioether (sulfide) groups is 1. The lowest BCUT2D eigenvalue weighted by Gasteiger charge is -2.11. The van der Waals surface area contributed by atoms with Crippen LogP contribution in [0.5, 0.6) is 11.5 Å². The maximum atomic E-state index is 12.3. The van der Waals surface area contributed by atoms with Gasteiger partial charge in [-0.05, 0) is 60.0 Å². The molecule has 4 aromatic rings. The Morgan fingerprint density at radius 1 is 1.06 bits per heavy atom. The Hall–Kier alpha value is -3.63. The Labute approximate surface area is 199 Å². The van der Waals surface area contributed by atoms with Gasteiger partial charge < -0.3 is 9.47 Å². The minimum Gasteiger partial charge on any atom is -0.497 e. The summed E-state index contributed by atoms with van der Waals surface area (Å²) in [4.78, 5) is 13.3. The summed E-state index contributed by atoms with van der Waals surface area (Å²) in [5.74, 6) is 2.06. The fourth-order valence-electron chi connectivity index (χ4n) is 2.95. The van der Waals surface area contributed by atoms with Gasteiger partial charge in [0.2, 0.25) is 0 Å². The molecular formula is C23H21N5O3S2. The van der Waals surface area contributed by atoms with Crippen LogP contribution in [-0.4, -0.2) is 46.9 Å². The number of nitrogens with one attached hydrogen (secondary N) is 1. The Balaban J connectivity index is 1.56. The first kappa shape index (κ1) is 22.6. The Morgan fingerprint density at radius 3 is 2.39 bits per heavy atom. The van der Waals surface area contributed by atoms with Crippen LogP contribution in [-0.2, 0) is 4.79 Å². The number of benzene rings is 2. The molecule has 0 aliphatic heterocycles. The third-order valence-electron chi connectivity index (χ3n) is 4.57. The quantitative estimate of drug-likeness (QED) is 0.219. The molecule has 0 spiro atoms. The molecule has 0 unspecified atom stereocenters. The smallest absolute Gasteiger partial charge is 0.250 e. The van der Waals surface area contributed by atoms with Crippen molar-refractivity contribution in [2.24, 2.45) is 5.10 Å². The molecule has 2 heterocycles. The van der Waals surface area contributed by atoms with Gasteiger partial charge >= 0.3 is 0 Å². The van der Waals surface area contributed by atoms with Gasteiger partial charge in [0.05, 0.1) is 26.2 Å². The lowest BCUT2D eigenvalue weighted by atomic mass is 10.2. The molecule has 0 aliphatic carbocycles. The summed E-state index contributed by atoms with van der Waals surface area (Å²) in [6, 6.07) is 19.0. The number of methoxy groups -OCH3 is 2. The highest BCUT2D eigenvalue weighted by atomic mass is 32.2. The van der Waals surface area contributed by atoms with Crippen LogP contribution >= 0.6 is 23.1 Å². The maximum Gasteiger partial charge on any atom is 0.250 e. The second kappa shape index (κ2) is 10.8. The molecule has 4 rings (SSSR count). The maximum absolute atomic E-state index is 12.3. The van der Waals surface area contributed by atoms with Crippen LogP contribution in [0.1, 0.15) is 4.88 Å². The van der Waals surface area contributed by atoms with E-state index >= 15 is 0 Å². The Bertz CT molecular complexity index is 1220. The first-order valence-corrected chi connectivity index (χ1v) is 11.8. The summed E-state index contributed by atoms with van der Waals surface area (Å²) in [6.07, 6.45) is 1.62. The molecule has 1 N–H and O–H groups in total. The first-order valence-electron chi connectivity index (χ1n) is 9.90. The van der Waals surface area contributed by atoms with E-state index in [4.69, 9.17) is 9.47 Å². The van der Waals surface area contributed by atoms with Gasteiger partial charge in [-0.3, -0.25) is 9.36 Å². The van der Waals surface area contributed by atoms with Gasteiger partial charge in [-0.1, -0.05) is 17.8 Å². The van der Waals surface area contributed by atoms with Gasteiger partial charge in [-0.2, -0.15) is 5.10 Å². The van der Waals surface area contributed by atoms with Gasteiger partial charge in [0.15, 0.2) is 11.0 Å². The number of thiophene rings is 1. The third kappa shape index (κ3) is 5.60. The zero-order valence-electron chi connectivity index (χ0n) is 18.0. The monoisotopic (exact) mass is 479 g/mol. The summed E-state index contributed by atoms with van der Waals surface area (Å²) in [7, 11) is 3.25. The van der Waals surface area contributed by atoms with Crippen LogP contribution in [0.3, 0.4) is 0 Å². The number of ether oxygens (including phenoxy) is 2. The predicted molar refractivity (Wildman–Crippen MR) is 131 cm³/mol. The average Bonchev–Trinajstić information content (AvgIpc) is 3.53. The molecule has 0 radical (unpaired) electrons. The van der Waals surface area contributed by atoms with E-state index in [2.05, 4.69) is 20.7 Å². The second-order valence-electron chi connectivity index (χ2n) is 6.67. The zero-order chi connectivity index (χ0) is 23.0. The number of aromatic nitrogens is 3. The van der Waals surface area contributed by atoms with Crippen molar-refractivity contribution in [2.75, 3.05) is 20.0 Å². The van der Waals surface area contributed by atoms with Gasteiger partial charge in [0, 0.05) is 16.1 Å². The van der Waals surface area contributed by atoms with Crippen molar-refractivity contribution in [2.45, 2.75) is 5.16 Å². The number of amides is 1. The molecule has 33 heavy (non-hydrogen) atoms. The van der Waals surface area contributed by atoms with E-state index in [9.17, 15) is 4.79 Å². The molecule has 0 aliphatic rings. The van der Waals surface area contributed by atoms with E-state index in [0.29, 0.717) is 11.0 Å². The van der Waals surface area contributed by atoms with E-state index in [1.165, 1.54) is 11.8 Å². The Kier molecular flexibility index (Phi) is 7.38. The van der Waals surface area contributed by atoms with Crippen LogP contribution < -0.4 is 14.9 Å². The molecule has 168 valence electrons. The van der Waals surface area contributed by atoms with Crippen molar-refractivity contribution in [3.8, 4) is 28.6 Å². The van der Waals surface area contributed by atoms with Gasteiger partial charge in [-0.25, -0.2) is 5.43 Å². The second-order valence-corrected chi connectivity index (χ2v) is 8.59. The third-order valence-corrected chi connectivity index (χ3v) is 6.30. The van der Waals surface area contributed by atoms with Crippen molar-refractivity contribution in [3.05, 3.63) is 70.9 Å². The minimum absolute atomic E-state index is 0.138. The van der Waals surface area contributed by atoms with Crippen molar-refractivity contribution in [1.29, 1.82) is 0 Å². The number of carbonyl (C=O) groups excluding carboxylic acids is 1. The SMILES string of the molecule is COc1ccc(-c2nnc(SCC(=O)NN=Cc3cccs3)n2-c2ccc(OC)cc2)cc1. The fourth-order valence-corrected chi connectivity index (χ4v) is 4.28. The number of hydrazone groups is 1. The molecule has 0 atom stereocenters. The highest BCUT2D eigenvalue weighted by molar-refractivity contribution is 7.99. The van der Waals surface area contributed by atoms with Crippen molar-refractivity contribution in [1.82, 2.24) is 20.2 Å².